The number of carbonyl (C=O) groups is 2. The molecular weight excluding hydrogens is 338 g/mol. The molecule has 6 heteroatoms. The van der Waals surface area contributed by atoms with Crippen molar-refractivity contribution in [1.82, 2.24) is 0 Å². The Labute approximate surface area is 152 Å². The van der Waals surface area contributed by atoms with Crippen LogP contribution in [0, 0.1) is 6.92 Å². The zero-order chi connectivity index (χ0) is 18.0. The van der Waals surface area contributed by atoms with Crippen molar-refractivity contribution in [2.75, 3.05) is 22.1 Å². The van der Waals surface area contributed by atoms with Crippen molar-refractivity contribution < 1.29 is 9.59 Å². The van der Waals surface area contributed by atoms with Gasteiger partial charge in [-0.1, -0.05) is 29.8 Å². The summed E-state index contributed by atoms with van der Waals surface area (Å²) in [7, 11) is 0. The molecule has 1 aliphatic rings. The Morgan fingerprint density at radius 1 is 1.32 bits per heavy atom. The predicted octanol–water partition coefficient (Wildman–Crippen LogP) is 3.82. The molecule has 0 saturated heterocycles. The topological polar surface area (TPSA) is 61.4 Å². The summed E-state index contributed by atoms with van der Waals surface area (Å²) in [6.45, 7) is 3.95. The van der Waals surface area contributed by atoms with E-state index in [4.69, 9.17) is 11.6 Å². The van der Waals surface area contributed by atoms with Crippen LogP contribution in [0.1, 0.15) is 18.9 Å². The third kappa shape index (κ3) is 3.77. The van der Waals surface area contributed by atoms with Crippen LogP contribution in [-0.2, 0) is 9.59 Å². The molecule has 0 radical (unpaired) electrons. The molecule has 2 aromatic rings. The van der Waals surface area contributed by atoms with Gasteiger partial charge in [0.15, 0.2) is 0 Å². The van der Waals surface area contributed by atoms with E-state index in [-0.39, 0.29) is 30.8 Å². The highest BCUT2D eigenvalue weighted by molar-refractivity contribution is 6.30. The monoisotopic (exact) mass is 357 g/mol. The molecule has 1 atom stereocenters. The predicted molar refractivity (Wildman–Crippen MR) is 101 cm³/mol. The number of para-hydroxylation sites is 2. The molecule has 25 heavy (non-hydrogen) atoms. The third-order valence-corrected chi connectivity index (χ3v) is 4.49. The molecule has 0 aromatic heterocycles. The number of amides is 2. The highest BCUT2D eigenvalue weighted by Gasteiger charge is 2.29. The van der Waals surface area contributed by atoms with Gasteiger partial charge in [-0.25, -0.2) is 0 Å². The van der Waals surface area contributed by atoms with E-state index in [0.717, 1.165) is 16.9 Å². The summed E-state index contributed by atoms with van der Waals surface area (Å²) < 4.78 is 0. The van der Waals surface area contributed by atoms with Gasteiger partial charge >= 0.3 is 0 Å². The number of hydrogen-bond acceptors (Lipinski definition) is 3. The zero-order valence-corrected chi connectivity index (χ0v) is 14.9. The highest BCUT2D eigenvalue weighted by atomic mass is 35.5. The molecule has 1 heterocycles. The first-order valence-electron chi connectivity index (χ1n) is 8.16. The summed E-state index contributed by atoms with van der Waals surface area (Å²) in [6.07, 6.45) is 0.261. The minimum atomic E-state index is -0.224. The molecule has 2 amide bonds. The Morgan fingerprint density at radius 2 is 2.08 bits per heavy atom. The summed E-state index contributed by atoms with van der Waals surface area (Å²) in [5.41, 5.74) is 3.21. The van der Waals surface area contributed by atoms with Crippen molar-refractivity contribution in [1.29, 1.82) is 0 Å². The normalized spacial score (nSPS) is 16.7. The summed E-state index contributed by atoms with van der Waals surface area (Å²) in [5.74, 6) is -0.190. The highest BCUT2D eigenvalue weighted by Crippen LogP contribution is 2.31. The molecule has 2 aromatic carbocycles. The molecule has 130 valence electrons. The van der Waals surface area contributed by atoms with Crippen molar-refractivity contribution in [3.05, 3.63) is 53.1 Å². The minimum Gasteiger partial charge on any atom is -0.376 e. The van der Waals surface area contributed by atoms with Gasteiger partial charge in [-0.2, -0.15) is 0 Å². The van der Waals surface area contributed by atoms with Gasteiger partial charge in [-0.05, 0) is 43.7 Å². The number of nitrogens with one attached hydrogen (secondary N) is 2. The first-order chi connectivity index (χ1) is 12.0. The van der Waals surface area contributed by atoms with E-state index in [0.29, 0.717) is 10.7 Å². The number of fused-ring (bicyclic) bond motifs is 1. The molecule has 0 spiro atoms. The summed E-state index contributed by atoms with van der Waals surface area (Å²) in [4.78, 5) is 26.6. The number of halogens is 1. The first-order valence-corrected chi connectivity index (χ1v) is 8.54. The molecule has 5 nitrogen and oxygen atoms in total. The Kier molecular flexibility index (Phi) is 4.95. The molecule has 0 bridgehead atoms. The van der Waals surface area contributed by atoms with E-state index >= 15 is 0 Å². The van der Waals surface area contributed by atoms with E-state index in [2.05, 4.69) is 10.6 Å². The Hall–Kier alpha value is -2.53. The van der Waals surface area contributed by atoms with Crippen molar-refractivity contribution in [3.63, 3.8) is 0 Å². The van der Waals surface area contributed by atoms with E-state index in [1.54, 1.807) is 17.0 Å². The van der Waals surface area contributed by atoms with Gasteiger partial charge in [-0.15, -0.1) is 0 Å². The standard InChI is InChI=1S/C19H20ClN3O2/c1-12-7-8-14(20)10-16(12)21-11-19(25)23-13(2)9-18(24)22-15-5-3-4-6-17(15)23/h3-8,10,13,21H,9,11H2,1-2H3,(H,22,24)/t13-/m1/s1. The van der Waals surface area contributed by atoms with E-state index in [9.17, 15) is 9.59 Å². The third-order valence-electron chi connectivity index (χ3n) is 4.26. The van der Waals surface area contributed by atoms with E-state index < -0.39 is 0 Å². The van der Waals surface area contributed by atoms with Gasteiger partial charge in [0.05, 0.1) is 17.9 Å². The first kappa shape index (κ1) is 17.3. The minimum absolute atomic E-state index is 0.0890. The van der Waals surface area contributed by atoms with Gasteiger partial charge in [0.1, 0.15) is 0 Å². The van der Waals surface area contributed by atoms with Gasteiger partial charge in [0.25, 0.3) is 0 Å². The Bertz CT molecular complexity index is 822. The van der Waals surface area contributed by atoms with Crippen molar-refractivity contribution in [2.24, 2.45) is 0 Å². The maximum absolute atomic E-state index is 12.9. The lowest BCUT2D eigenvalue weighted by molar-refractivity contribution is -0.118. The fraction of sp³-hybridized carbons (Fsp3) is 0.263. The molecule has 2 N–H and O–H groups in total. The lowest BCUT2D eigenvalue weighted by Crippen LogP contribution is -2.42. The fourth-order valence-corrected chi connectivity index (χ4v) is 3.18. The van der Waals surface area contributed by atoms with Crippen molar-refractivity contribution >= 4 is 40.5 Å². The lowest BCUT2D eigenvalue weighted by Gasteiger charge is -2.28. The van der Waals surface area contributed by atoms with Crippen LogP contribution in [0.3, 0.4) is 0 Å². The number of hydrogen-bond donors (Lipinski definition) is 2. The number of nitrogens with zero attached hydrogens (tertiary/aromatic N) is 1. The quantitative estimate of drug-likeness (QED) is 0.877. The van der Waals surface area contributed by atoms with Crippen LogP contribution in [0.5, 0.6) is 0 Å². The van der Waals surface area contributed by atoms with Crippen LogP contribution in [0.2, 0.25) is 5.02 Å². The Morgan fingerprint density at radius 3 is 2.88 bits per heavy atom. The maximum Gasteiger partial charge on any atom is 0.246 e. The second-order valence-corrected chi connectivity index (χ2v) is 6.63. The largest absolute Gasteiger partial charge is 0.376 e. The van der Waals surface area contributed by atoms with Crippen LogP contribution >= 0.6 is 11.6 Å². The maximum atomic E-state index is 12.9. The summed E-state index contributed by atoms with van der Waals surface area (Å²) >= 11 is 6.03. The second-order valence-electron chi connectivity index (χ2n) is 6.20. The number of anilines is 3. The smallest absolute Gasteiger partial charge is 0.246 e. The van der Waals surface area contributed by atoms with Gasteiger partial charge in [0, 0.05) is 23.2 Å². The number of aryl methyl sites for hydroxylation is 1. The van der Waals surface area contributed by atoms with Crippen LogP contribution < -0.4 is 15.5 Å². The second kappa shape index (κ2) is 7.15. The number of rotatable bonds is 3. The summed E-state index contributed by atoms with van der Waals surface area (Å²) in [5, 5.41) is 6.62. The lowest BCUT2D eigenvalue weighted by atomic mass is 10.1. The number of benzene rings is 2. The van der Waals surface area contributed by atoms with Crippen molar-refractivity contribution in [2.45, 2.75) is 26.3 Å². The van der Waals surface area contributed by atoms with Crippen LogP contribution in [0.4, 0.5) is 17.1 Å². The number of carbonyl (C=O) groups excluding carboxylic acids is 2. The van der Waals surface area contributed by atoms with Gasteiger partial charge in [-0.3, -0.25) is 9.59 Å². The average Bonchev–Trinajstić information content (AvgIpc) is 2.69. The molecule has 3 rings (SSSR count). The average molecular weight is 358 g/mol. The van der Waals surface area contributed by atoms with Gasteiger partial charge in [0.2, 0.25) is 11.8 Å². The van der Waals surface area contributed by atoms with Crippen molar-refractivity contribution in [3.8, 4) is 0 Å². The SMILES string of the molecule is Cc1ccc(Cl)cc1NCC(=O)N1c2ccccc2NC(=O)C[C@H]1C. The molecule has 0 aliphatic carbocycles. The van der Waals surface area contributed by atoms with Crippen LogP contribution in [0.15, 0.2) is 42.5 Å². The van der Waals surface area contributed by atoms with Crippen LogP contribution in [-0.4, -0.2) is 24.4 Å². The van der Waals surface area contributed by atoms with Crippen LogP contribution in [0.25, 0.3) is 0 Å². The molecule has 0 fully saturated rings. The summed E-state index contributed by atoms with van der Waals surface area (Å²) in [6, 6.07) is 12.6. The van der Waals surface area contributed by atoms with Gasteiger partial charge < -0.3 is 15.5 Å². The molecular formula is C19H20ClN3O2. The molecule has 1 aliphatic heterocycles. The molecule has 0 unspecified atom stereocenters. The van der Waals surface area contributed by atoms with E-state index in [1.165, 1.54) is 0 Å². The van der Waals surface area contributed by atoms with E-state index in [1.807, 2.05) is 44.2 Å². The molecule has 0 saturated carbocycles. The fourth-order valence-electron chi connectivity index (χ4n) is 3.01. The zero-order valence-electron chi connectivity index (χ0n) is 14.2. The Balaban J connectivity index is 1.83.